The largest absolute Gasteiger partial charge is 0.299 e. The minimum atomic E-state index is -3.93. The Bertz CT molecular complexity index is 701. The van der Waals surface area contributed by atoms with Crippen molar-refractivity contribution in [3.8, 4) is 0 Å². The first-order valence-electron chi connectivity index (χ1n) is 9.79. The standard InChI is InChI=1S/C20H35N3O3S/c1-8-23(9-2)22-21-19-14-17(7)10-11-20(19)27(24,25)26-18(12-15(3)4)13-16(5)6/h10-11,14-16,18H,8-9,12-13H2,1-7H3. The third-order valence-electron chi connectivity index (χ3n) is 4.12. The number of nitrogens with zero attached hydrogens (tertiary/aromatic N) is 3. The zero-order chi connectivity index (χ0) is 20.6. The van der Waals surface area contributed by atoms with E-state index in [0.29, 0.717) is 43.5 Å². The predicted octanol–water partition coefficient (Wildman–Crippen LogP) is 5.50. The van der Waals surface area contributed by atoms with E-state index in [0.717, 1.165) is 5.56 Å². The Balaban J connectivity index is 3.20. The summed E-state index contributed by atoms with van der Waals surface area (Å²) in [5.74, 6) is 0.701. The molecule has 7 heteroatoms. The summed E-state index contributed by atoms with van der Waals surface area (Å²) < 4.78 is 31.6. The highest BCUT2D eigenvalue weighted by Gasteiger charge is 2.26. The molecule has 0 unspecified atom stereocenters. The van der Waals surface area contributed by atoms with Crippen LogP contribution in [0, 0.1) is 18.8 Å². The van der Waals surface area contributed by atoms with E-state index >= 15 is 0 Å². The van der Waals surface area contributed by atoms with Crippen LogP contribution in [0.5, 0.6) is 0 Å². The maximum atomic E-state index is 13.0. The van der Waals surface area contributed by atoms with Crippen LogP contribution in [0.25, 0.3) is 0 Å². The second kappa shape index (κ2) is 10.8. The van der Waals surface area contributed by atoms with Crippen LogP contribution in [-0.4, -0.2) is 32.6 Å². The fourth-order valence-corrected chi connectivity index (χ4v) is 4.05. The molecular formula is C20H35N3O3S. The Labute approximate surface area is 165 Å². The quantitative estimate of drug-likeness (QED) is 0.281. The molecule has 27 heavy (non-hydrogen) atoms. The predicted molar refractivity (Wildman–Crippen MR) is 110 cm³/mol. The Hall–Kier alpha value is -1.47. The minimum Gasteiger partial charge on any atom is -0.279 e. The molecule has 0 amide bonds. The molecule has 0 N–H and O–H groups in total. The SMILES string of the molecule is CCN(CC)N=Nc1cc(C)ccc1S(=O)(=O)OC(CC(C)C)CC(C)C. The summed E-state index contributed by atoms with van der Waals surface area (Å²) >= 11 is 0. The van der Waals surface area contributed by atoms with E-state index in [4.69, 9.17) is 4.18 Å². The summed E-state index contributed by atoms with van der Waals surface area (Å²) in [6.45, 7) is 15.5. The fraction of sp³-hybridized carbons (Fsp3) is 0.700. The lowest BCUT2D eigenvalue weighted by atomic mass is 9.98. The lowest BCUT2D eigenvalue weighted by Crippen LogP contribution is -2.22. The van der Waals surface area contributed by atoms with E-state index < -0.39 is 10.1 Å². The number of hydrogen-bond acceptors (Lipinski definition) is 5. The molecule has 1 rings (SSSR count). The van der Waals surface area contributed by atoms with Crippen molar-refractivity contribution in [2.75, 3.05) is 13.1 Å². The van der Waals surface area contributed by atoms with Gasteiger partial charge in [0.25, 0.3) is 10.1 Å². The summed E-state index contributed by atoms with van der Waals surface area (Å²) in [4.78, 5) is 0.0709. The van der Waals surface area contributed by atoms with Gasteiger partial charge in [0.1, 0.15) is 10.6 Å². The van der Waals surface area contributed by atoms with Crippen LogP contribution in [0.3, 0.4) is 0 Å². The number of benzene rings is 1. The van der Waals surface area contributed by atoms with Crippen molar-refractivity contribution >= 4 is 15.8 Å². The third kappa shape index (κ3) is 7.97. The number of aryl methyl sites for hydroxylation is 1. The molecule has 0 radical (unpaired) electrons. The van der Waals surface area contributed by atoms with Gasteiger partial charge in [-0.2, -0.15) is 8.42 Å². The summed E-state index contributed by atoms with van der Waals surface area (Å²) in [5.41, 5.74) is 1.23. The van der Waals surface area contributed by atoms with Gasteiger partial charge >= 0.3 is 0 Å². The molecule has 0 fully saturated rings. The van der Waals surface area contributed by atoms with E-state index in [-0.39, 0.29) is 11.0 Å². The van der Waals surface area contributed by atoms with Gasteiger partial charge in [-0.25, -0.2) is 0 Å². The first kappa shape index (κ1) is 23.6. The average molecular weight is 398 g/mol. The van der Waals surface area contributed by atoms with Crippen LogP contribution in [0.4, 0.5) is 5.69 Å². The summed E-state index contributed by atoms with van der Waals surface area (Å²) in [6.07, 6.45) is 1.04. The molecule has 0 aliphatic rings. The van der Waals surface area contributed by atoms with Gasteiger partial charge in [-0.1, -0.05) is 39.0 Å². The van der Waals surface area contributed by atoms with Gasteiger partial charge in [0, 0.05) is 13.1 Å². The Morgan fingerprint density at radius 3 is 2.07 bits per heavy atom. The summed E-state index contributed by atoms with van der Waals surface area (Å²) in [7, 11) is -3.93. The maximum absolute atomic E-state index is 13.0. The van der Waals surface area contributed by atoms with Crippen LogP contribution >= 0.6 is 0 Å². The summed E-state index contributed by atoms with van der Waals surface area (Å²) in [6, 6.07) is 5.04. The van der Waals surface area contributed by atoms with Gasteiger partial charge in [0.05, 0.1) is 6.10 Å². The van der Waals surface area contributed by atoms with Gasteiger partial charge in [-0.15, -0.1) is 5.11 Å². The summed E-state index contributed by atoms with van der Waals surface area (Å²) in [5, 5.41) is 10.1. The molecule has 0 aliphatic carbocycles. The molecule has 6 nitrogen and oxygen atoms in total. The Morgan fingerprint density at radius 2 is 1.59 bits per heavy atom. The molecule has 0 atom stereocenters. The van der Waals surface area contributed by atoms with Crippen LogP contribution in [0.15, 0.2) is 33.4 Å². The molecule has 0 saturated heterocycles. The zero-order valence-corrected chi connectivity index (χ0v) is 18.6. The molecular weight excluding hydrogens is 362 g/mol. The van der Waals surface area contributed by atoms with Crippen LogP contribution in [-0.2, 0) is 14.3 Å². The maximum Gasteiger partial charge on any atom is 0.299 e. The highest BCUT2D eigenvalue weighted by Crippen LogP contribution is 2.30. The minimum absolute atomic E-state index is 0.0709. The molecule has 0 heterocycles. The van der Waals surface area contributed by atoms with Crippen molar-refractivity contribution in [3.63, 3.8) is 0 Å². The van der Waals surface area contributed by atoms with Gasteiger partial charge in [0.15, 0.2) is 0 Å². The van der Waals surface area contributed by atoms with E-state index in [2.05, 4.69) is 38.0 Å². The second-order valence-corrected chi connectivity index (χ2v) is 9.27. The van der Waals surface area contributed by atoms with E-state index in [1.807, 2.05) is 20.8 Å². The van der Waals surface area contributed by atoms with Crippen molar-refractivity contribution in [3.05, 3.63) is 23.8 Å². The zero-order valence-electron chi connectivity index (χ0n) is 17.8. The van der Waals surface area contributed by atoms with E-state index in [9.17, 15) is 8.42 Å². The van der Waals surface area contributed by atoms with Crippen molar-refractivity contribution in [1.82, 2.24) is 5.01 Å². The van der Waals surface area contributed by atoms with E-state index in [1.54, 1.807) is 23.2 Å². The van der Waals surface area contributed by atoms with Crippen molar-refractivity contribution in [1.29, 1.82) is 0 Å². The lowest BCUT2D eigenvalue weighted by Gasteiger charge is -2.21. The van der Waals surface area contributed by atoms with Crippen LogP contribution in [0.2, 0.25) is 0 Å². The molecule has 1 aromatic carbocycles. The topological polar surface area (TPSA) is 71.3 Å². The number of rotatable bonds is 11. The first-order chi connectivity index (χ1) is 12.6. The molecule has 1 aromatic rings. The van der Waals surface area contributed by atoms with Crippen molar-refractivity contribution in [2.45, 2.75) is 72.3 Å². The molecule has 0 aliphatic heterocycles. The average Bonchev–Trinajstić information content (AvgIpc) is 2.53. The van der Waals surface area contributed by atoms with Crippen LogP contribution < -0.4 is 0 Å². The lowest BCUT2D eigenvalue weighted by molar-refractivity contribution is 0.157. The Kier molecular flexibility index (Phi) is 9.39. The highest BCUT2D eigenvalue weighted by atomic mass is 32.2. The van der Waals surface area contributed by atoms with Gasteiger partial charge < -0.3 is 0 Å². The van der Waals surface area contributed by atoms with Crippen LogP contribution in [0.1, 0.15) is 59.9 Å². The highest BCUT2D eigenvalue weighted by molar-refractivity contribution is 7.87. The molecule has 0 aromatic heterocycles. The van der Waals surface area contributed by atoms with Crippen molar-refractivity contribution < 1.29 is 12.6 Å². The monoisotopic (exact) mass is 397 g/mol. The van der Waals surface area contributed by atoms with Gasteiger partial charge in [-0.05, 0) is 63.1 Å². The molecule has 0 saturated carbocycles. The smallest absolute Gasteiger partial charge is 0.279 e. The van der Waals surface area contributed by atoms with Gasteiger partial charge in [-0.3, -0.25) is 9.19 Å². The van der Waals surface area contributed by atoms with E-state index in [1.165, 1.54) is 0 Å². The normalized spacial score (nSPS) is 12.7. The van der Waals surface area contributed by atoms with Crippen molar-refractivity contribution in [2.24, 2.45) is 22.2 Å². The number of hydrogen-bond donors (Lipinski definition) is 0. The molecule has 0 bridgehead atoms. The first-order valence-corrected chi connectivity index (χ1v) is 11.2. The fourth-order valence-electron chi connectivity index (χ4n) is 2.84. The third-order valence-corrected chi connectivity index (χ3v) is 5.53. The Morgan fingerprint density at radius 1 is 1.04 bits per heavy atom. The molecule has 154 valence electrons. The second-order valence-electron chi connectivity index (χ2n) is 7.73. The molecule has 0 spiro atoms. The van der Waals surface area contributed by atoms with Gasteiger partial charge in [0.2, 0.25) is 0 Å².